The van der Waals surface area contributed by atoms with E-state index in [4.69, 9.17) is 10.5 Å². The van der Waals surface area contributed by atoms with E-state index in [0.717, 1.165) is 12.4 Å². The van der Waals surface area contributed by atoms with Crippen molar-refractivity contribution >= 4 is 11.4 Å². The van der Waals surface area contributed by atoms with Crippen LogP contribution in [0.3, 0.4) is 0 Å². The number of aliphatic imine (C=N–C) groups is 1. The summed E-state index contributed by atoms with van der Waals surface area (Å²) in [7, 11) is 1.46. The van der Waals surface area contributed by atoms with Crippen molar-refractivity contribution in [1.29, 1.82) is 0 Å². The Morgan fingerprint density at radius 2 is 1.79 bits per heavy atom. The topological polar surface area (TPSA) is 87.4 Å². The molecule has 0 saturated heterocycles. The first-order valence-electron chi connectivity index (χ1n) is 10.3. The molecule has 0 saturated carbocycles. The van der Waals surface area contributed by atoms with Crippen molar-refractivity contribution in [3.8, 4) is 17.1 Å². The molecule has 9 heteroatoms. The quantitative estimate of drug-likeness (QED) is 0.434. The molecule has 0 fully saturated rings. The van der Waals surface area contributed by atoms with Gasteiger partial charge in [-0.3, -0.25) is 4.79 Å². The zero-order valence-electron chi connectivity index (χ0n) is 18.4. The molecule has 0 aliphatic rings. The minimum atomic E-state index is -0.955. The SMILES string of the molecule is COc1cc(-n2cc(F)c(F)c2)ccc1-n1ccc(=O)c(C(C=C(C)N)=Nc2ccccc2)n1. The van der Waals surface area contributed by atoms with Crippen molar-refractivity contribution in [2.45, 2.75) is 6.92 Å². The van der Waals surface area contributed by atoms with Crippen LogP contribution in [-0.4, -0.2) is 27.2 Å². The monoisotopic (exact) mass is 461 g/mol. The average molecular weight is 461 g/mol. The summed E-state index contributed by atoms with van der Waals surface area (Å²) in [6, 6.07) is 15.4. The largest absolute Gasteiger partial charge is 0.494 e. The Morgan fingerprint density at radius 3 is 2.44 bits per heavy atom. The molecular weight excluding hydrogens is 440 g/mol. The van der Waals surface area contributed by atoms with E-state index in [2.05, 4.69) is 10.1 Å². The lowest BCUT2D eigenvalue weighted by atomic mass is 10.2. The highest BCUT2D eigenvalue weighted by Gasteiger charge is 2.14. The van der Waals surface area contributed by atoms with E-state index in [1.54, 1.807) is 43.3 Å². The Hall–Kier alpha value is -4.53. The summed E-state index contributed by atoms with van der Waals surface area (Å²) in [5.41, 5.74) is 8.03. The van der Waals surface area contributed by atoms with E-state index in [9.17, 15) is 13.6 Å². The summed E-state index contributed by atoms with van der Waals surface area (Å²) >= 11 is 0. The summed E-state index contributed by atoms with van der Waals surface area (Å²) in [5.74, 6) is -1.53. The summed E-state index contributed by atoms with van der Waals surface area (Å²) < 4.78 is 35.2. The van der Waals surface area contributed by atoms with Crippen LogP contribution in [0.15, 0.2) is 94.7 Å². The Labute approximate surface area is 194 Å². The molecule has 34 heavy (non-hydrogen) atoms. The lowest BCUT2D eigenvalue weighted by molar-refractivity contribution is 0.411. The Bertz CT molecular complexity index is 1430. The number of para-hydroxylation sites is 1. The zero-order valence-corrected chi connectivity index (χ0v) is 18.4. The van der Waals surface area contributed by atoms with Crippen LogP contribution in [0.4, 0.5) is 14.5 Å². The van der Waals surface area contributed by atoms with Gasteiger partial charge in [0.25, 0.3) is 0 Å². The fourth-order valence-corrected chi connectivity index (χ4v) is 3.30. The number of methoxy groups -OCH3 is 1. The third-order valence-electron chi connectivity index (χ3n) is 4.86. The number of nitrogens with two attached hydrogens (primary N) is 1. The first-order valence-corrected chi connectivity index (χ1v) is 10.3. The fourth-order valence-electron chi connectivity index (χ4n) is 3.30. The number of hydrogen-bond donors (Lipinski definition) is 1. The zero-order chi connectivity index (χ0) is 24.2. The standard InChI is InChI=1S/C25H21F2N5O2/c1-16(28)12-21(29-17-6-4-3-5-7-17)25-23(33)10-11-32(30-25)22-9-8-18(13-24(22)34-2)31-14-19(26)20(27)15-31/h3-15H,28H2,1-2H3. The lowest BCUT2D eigenvalue weighted by Crippen LogP contribution is -2.21. The second-order valence-corrected chi connectivity index (χ2v) is 7.41. The van der Waals surface area contributed by atoms with E-state index < -0.39 is 11.6 Å². The first-order chi connectivity index (χ1) is 16.4. The Morgan fingerprint density at radius 1 is 1.09 bits per heavy atom. The lowest BCUT2D eigenvalue weighted by Gasteiger charge is -2.14. The maximum absolute atomic E-state index is 13.5. The van der Waals surface area contributed by atoms with Gasteiger partial charge in [0.05, 0.1) is 18.5 Å². The molecule has 0 unspecified atom stereocenters. The second kappa shape index (κ2) is 9.53. The van der Waals surface area contributed by atoms with Crippen LogP contribution >= 0.6 is 0 Å². The van der Waals surface area contributed by atoms with Crippen molar-refractivity contribution < 1.29 is 13.5 Å². The number of allylic oxidation sites excluding steroid dienone is 2. The summed E-state index contributed by atoms with van der Waals surface area (Å²) in [6.07, 6.45) is 5.15. The molecule has 2 aromatic heterocycles. The minimum absolute atomic E-state index is 0.0943. The molecule has 0 atom stereocenters. The smallest absolute Gasteiger partial charge is 0.209 e. The maximum Gasteiger partial charge on any atom is 0.209 e. The number of hydrogen-bond acceptors (Lipinski definition) is 5. The van der Waals surface area contributed by atoms with Gasteiger partial charge in [-0.2, -0.15) is 5.10 Å². The molecule has 4 rings (SSSR count). The molecule has 2 aromatic carbocycles. The van der Waals surface area contributed by atoms with Crippen molar-refractivity contribution in [3.63, 3.8) is 0 Å². The molecular formula is C25H21F2N5O2. The second-order valence-electron chi connectivity index (χ2n) is 7.41. The third-order valence-corrected chi connectivity index (χ3v) is 4.86. The molecule has 172 valence electrons. The summed E-state index contributed by atoms with van der Waals surface area (Å²) in [5, 5.41) is 4.49. The molecule has 0 radical (unpaired) electrons. The van der Waals surface area contributed by atoms with Gasteiger partial charge in [-0.25, -0.2) is 18.5 Å². The normalized spacial score (nSPS) is 12.1. The predicted octanol–water partition coefficient (Wildman–Crippen LogP) is 4.29. The summed E-state index contributed by atoms with van der Waals surface area (Å²) in [4.78, 5) is 17.3. The van der Waals surface area contributed by atoms with Gasteiger partial charge >= 0.3 is 0 Å². The van der Waals surface area contributed by atoms with Gasteiger partial charge in [-0.15, -0.1) is 0 Å². The number of halogens is 2. The maximum atomic E-state index is 13.5. The van der Waals surface area contributed by atoms with Gasteiger partial charge in [0.15, 0.2) is 17.3 Å². The highest BCUT2D eigenvalue weighted by molar-refractivity contribution is 6.08. The van der Waals surface area contributed by atoms with Crippen LogP contribution < -0.4 is 15.9 Å². The van der Waals surface area contributed by atoms with E-state index in [1.807, 2.05) is 18.2 Å². The molecule has 2 heterocycles. The number of aromatic nitrogens is 3. The van der Waals surface area contributed by atoms with Crippen molar-refractivity contribution in [3.05, 3.63) is 113 Å². The fraction of sp³-hybridized carbons (Fsp3) is 0.0800. The number of rotatable bonds is 6. The minimum Gasteiger partial charge on any atom is -0.494 e. The molecule has 0 bridgehead atoms. The van der Waals surface area contributed by atoms with E-state index in [-0.39, 0.29) is 11.1 Å². The summed E-state index contributed by atoms with van der Waals surface area (Å²) in [6.45, 7) is 1.69. The van der Waals surface area contributed by atoms with Crippen LogP contribution in [-0.2, 0) is 0 Å². The Balaban J connectivity index is 1.82. The molecule has 0 amide bonds. The highest BCUT2D eigenvalue weighted by atomic mass is 19.2. The van der Waals surface area contributed by atoms with E-state index in [1.165, 1.54) is 28.6 Å². The van der Waals surface area contributed by atoms with Crippen molar-refractivity contribution in [1.82, 2.24) is 14.3 Å². The van der Waals surface area contributed by atoms with Crippen LogP contribution in [0.25, 0.3) is 11.4 Å². The average Bonchev–Trinajstić information content (AvgIpc) is 3.17. The molecule has 0 spiro atoms. The van der Waals surface area contributed by atoms with Gasteiger partial charge in [-0.1, -0.05) is 18.2 Å². The van der Waals surface area contributed by atoms with Gasteiger partial charge in [-0.05, 0) is 37.3 Å². The third kappa shape index (κ3) is 4.78. The van der Waals surface area contributed by atoms with E-state index in [0.29, 0.717) is 34.2 Å². The molecule has 0 aliphatic heterocycles. The van der Waals surface area contributed by atoms with Crippen LogP contribution in [0.1, 0.15) is 12.6 Å². The van der Waals surface area contributed by atoms with E-state index >= 15 is 0 Å². The van der Waals surface area contributed by atoms with Crippen LogP contribution in [0.2, 0.25) is 0 Å². The number of benzene rings is 2. The Kier molecular flexibility index (Phi) is 6.35. The molecule has 0 aliphatic carbocycles. The van der Waals surface area contributed by atoms with Gasteiger partial charge in [0.1, 0.15) is 11.4 Å². The van der Waals surface area contributed by atoms with Gasteiger partial charge in [0, 0.05) is 42.1 Å². The van der Waals surface area contributed by atoms with Crippen LogP contribution in [0, 0.1) is 11.6 Å². The predicted molar refractivity (Wildman–Crippen MR) is 126 cm³/mol. The van der Waals surface area contributed by atoms with Gasteiger partial charge < -0.3 is 15.0 Å². The molecule has 4 aromatic rings. The highest BCUT2D eigenvalue weighted by Crippen LogP contribution is 2.26. The molecule has 2 N–H and O–H groups in total. The van der Waals surface area contributed by atoms with Crippen LogP contribution in [0.5, 0.6) is 5.75 Å². The van der Waals surface area contributed by atoms with Crippen molar-refractivity contribution in [2.75, 3.05) is 7.11 Å². The number of ether oxygens (including phenoxy) is 1. The number of nitrogens with zero attached hydrogens (tertiary/aromatic N) is 4. The first kappa shape index (κ1) is 22.7. The van der Waals surface area contributed by atoms with Gasteiger partial charge in [0.2, 0.25) is 5.43 Å². The molecule has 7 nitrogen and oxygen atoms in total. The van der Waals surface area contributed by atoms with Crippen molar-refractivity contribution in [2.24, 2.45) is 10.7 Å².